The Bertz CT molecular complexity index is 2330. The van der Waals surface area contributed by atoms with Crippen LogP contribution in [0.2, 0.25) is 0 Å². The van der Waals surface area contributed by atoms with Gasteiger partial charge in [-0.25, -0.2) is 0 Å². The molecule has 3 heterocycles. The molecule has 13 heteroatoms. The number of nitrogens with one attached hydrogen (secondary N) is 1. The Morgan fingerprint density at radius 2 is 1.67 bits per heavy atom. The summed E-state index contributed by atoms with van der Waals surface area (Å²) in [6.07, 6.45) is 9.35. The largest absolute Gasteiger partial charge is 0.493 e. The number of methoxy groups -OCH3 is 2. The maximum absolute atomic E-state index is 13.8. The lowest BCUT2D eigenvalue weighted by atomic mass is 10.0. The third kappa shape index (κ3) is 6.62. The number of para-hydroxylation sites is 1. The number of anilines is 2. The molecule has 0 fully saturated rings. The van der Waals surface area contributed by atoms with E-state index in [0.717, 1.165) is 42.6 Å². The summed E-state index contributed by atoms with van der Waals surface area (Å²) in [5.74, 6) is 1.05. The van der Waals surface area contributed by atoms with Gasteiger partial charge in [0, 0.05) is 55.5 Å². The second kappa shape index (κ2) is 14.7. The predicted octanol–water partition coefficient (Wildman–Crippen LogP) is 7.55. The molecule has 1 N–H and O–H groups in total. The van der Waals surface area contributed by atoms with Crippen molar-refractivity contribution >= 4 is 40.8 Å². The second-order valence-corrected chi connectivity index (χ2v) is 13.7. The van der Waals surface area contributed by atoms with Crippen molar-refractivity contribution in [2.24, 2.45) is 4.99 Å². The van der Waals surface area contributed by atoms with Crippen LogP contribution in [0.3, 0.4) is 0 Å². The maximum Gasteiger partial charge on any atom is 0.270 e. The summed E-state index contributed by atoms with van der Waals surface area (Å²) >= 11 is 0. The van der Waals surface area contributed by atoms with Gasteiger partial charge in [0.25, 0.3) is 17.5 Å². The summed E-state index contributed by atoms with van der Waals surface area (Å²) < 4.78 is 23.7. The third-order valence-electron chi connectivity index (χ3n) is 10.4. The van der Waals surface area contributed by atoms with Crippen LogP contribution in [-0.4, -0.2) is 61.7 Å². The average molecular weight is 742 g/mol. The number of non-ortho nitro benzene ring substituents is 1. The summed E-state index contributed by atoms with van der Waals surface area (Å²) in [5.41, 5.74) is 6.95. The van der Waals surface area contributed by atoms with Crippen LogP contribution in [0.25, 0.3) is 0 Å². The third-order valence-corrected chi connectivity index (χ3v) is 10.4. The predicted molar refractivity (Wildman–Crippen MR) is 207 cm³/mol. The van der Waals surface area contributed by atoms with E-state index < -0.39 is 4.92 Å². The number of benzene rings is 4. The highest BCUT2D eigenvalue weighted by atomic mass is 16.6. The molecule has 4 aliphatic rings. The molecule has 8 rings (SSSR count). The summed E-state index contributed by atoms with van der Waals surface area (Å²) in [6.45, 7) is 0.496. The standard InChI is InChI=1S/C42H39N5O8/c1-43-33-20-39(37(52-2)18-31(33)41(48)45-13-12-27-8-4-6-10-35(27)45)54-23-25-14-26(16-29(15-25)47(50)51)24-55-40-21-34-32(19-38(40)53-3)42(49)46-30(22-44-34)17-28-9-5-7-11-36(28)46/h4,6-8,10-11,14-16,18-22,30,43H,5,9,12-13,17,23-24H2,1-3H3/t30-/m0/s1. The molecule has 1 atom stereocenters. The van der Waals surface area contributed by atoms with E-state index in [0.29, 0.717) is 63.2 Å². The van der Waals surface area contributed by atoms with E-state index >= 15 is 0 Å². The van der Waals surface area contributed by atoms with Crippen LogP contribution in [0, 0.1) is 10.1 Å². The van der Waals surface area contributed by atoms with Crippen molar-refractivity contribution in [1.82, 2.24) is 4.90 Å². The summed E-state index contributed by atoms with van der Waals surface area (Å²) in [7, 11) is 4.71. The van der Waals surface area contributed by atoms with E-state index in [1.807, 2.05) is 41.5 Å². The van der Waals surface area contributed by atoms with Crippen LogP contribution in [0.5, 0.6) is 23.0 Å². The van der Waals surface area contributed by atoms with E-state index in [-0.39, 0.29) is 36.8 Å². The van der Waals surface area contributed by atoms with Crippen molar-refractivity contribution in [3.05, 3.63) is 128 Å². The van der Waals surface area contributed by atoms with Crippen LogP contribution < -0.4 is 29.2 Å². The van der Waals surface area contributed by atoms with Gasteiger partial charge in [-0.2, -0.15) is 0 Å². The number of carbonyl (C=O) groups is 2. The van der Waals surface area contributed by atoms with Gasteiger partial charge in [0.2, 0.25) is 0 Å². The number of ether oxygens (including phenoxy) is 4. The lowest BCUT2D eigenvalue weighted by molar-refractivity contribution is -0.385. The molecule has 0 unspecified atom stereocenters. The highest BCUT2D eigenvalue weighted by Crippen LogP contribution is 2.43. The zero-order valence-corrected chi connectivity index (χ0v) is 30.7. The van der Waals surface area contributed by atoms with Gasteiger partial charge in [-0.15, -0.1) is 0 Å². The zero-order valence-electron chi connectivity index (χ0n) is 30.7. The van der Waals surface area contributed by atoms with E-state index in [2.05, 4.69) is 16.4 Å². The first-order valence-electron chi connectivity index (χ1n) is 18.1. The first-order chi connectivity index (χ1) is 26.8. The van der Waals surface area contributed by atoms with Gasteiger partial charge in [0.1, 0.15) is 13.2 Å². The first kappa shape index (κ1) is 35.4. The van der Waals surface area contributed by atoms with Gasteiger partial charge in [-0.3, -0.25) is 29.6 Å². The quantitative estimate of drug-likeness (QED) is 0.122. The lowest BCUT2D eigenvalue weighted by Gasteiger charge is -2.24. The Balaban J connectivity index is 1.01. The number of carbonyl (C=O) groups excluding carboxylic acids is 2. The molecular formula is C42H39N5O8. The second-order valence-electron chi connectivity index (χ2n) is 13.7. The minimum absolute atomic E-state index is 0.0367. The number of allylic oxidation sites excluding steroid dienone is 2. The molecule has 0 bridgehead atoms. The molecule has 0 saturated heterocycles. The van der Waals surface area contributed by atoms with Crippen molar-refractivity contribution in [2.75, 3.05) is 38.0 Å². The number of hydrogen-bond donors (Lipinski definition) is 1. The molecule has 0 spiro atoms. The van der Waals surface area contributed by atoms with Crippen molar-refractivity contribution in [3.63, 3.8) is 0 Å². The highest BCUT2D eigenvalue weighted by Gasteiger charge is 2.38. The molecule has 55 heavy (non-hydrogen) atoms. The fraction of sp³-hybridized carbons (Fsp3) is 0.262. The molecule has 1 aliphatic carbocycles. The summed E-state index contributed by atoms with van der Waals surface area (Å²) in [5, 5.41) is 15.1. The van der Waals surface area contributed by atoms with E-state index in [1.54, 1.807) is 42.3 Å². The van der Waals surface area contributed by atoms with Gasteiger partial charge >= 0.3 is 0 Å². The number of aliphatic imine (C=N–C) groups is 1. The van der Waals surface area contributed by atoms with Crippen LogP contribution in [0.1, 0.15) is 56.7 Å². The first-order valence-corrected chi connectivity index (χ1v) is 18.1. The molecular weight excluding hydrogens is 702 g/mol. The maximum atomic E-state index is 13.8. The van der Waals surface area contributed by atoms with Crippen molar-refractivity contribution in [1.29, 1.82) is 0 Å². The van der Waals surface area contributed by atoms with Crippen LogP contribution in [0.15, 0.2) is 95.1 Å². The van der Waals surface area contributed by atoms with Gasteiger partial charge < -0.3 is 29.2 Å². The van der Waals surface area contributed by atoms with Gasteiger partial charge in [0.05, 0.1) is 47.7 Å². The normalized spacial score (nSPS) is 16.6. The molecule has 0 radical (unpaired) electrons. The van der Waals surface area contributed by atoms with Crippen LogP contribution in [0.4, 0.5) is 22.7 Å². The minimum Gasteiger partial charge on any atom is -0.493 e. The zero-order chi connectivity index (χ0) is 38.2. The van der Waals surface area contributed by atoms with Crippen LogP contribution in [-0.2, 0) is 19.6 Å². The highest BCUT2D eigenvalue weighted by molar-refractivity contribution is 6.11. The summed E-state index contributed by atoms with van der Waals surface area (Å²) in [4.78, 5) is 47.4. The number of amides is 2. The van der Waals surface area contributed by atoms with Crippen molar-refractivity contribution in [2.45, 2.75) is 44.9 Å². The summed E-state index contributed by atoms with van der Waals surface area (Å²) in [6, 6.07) is 19.0. The van der Waals surface area contributed by atoms with Crippen LogP contribution >= 0.6 is 0 Å². The SMILES string of the molecule is CNc1cc(OCc2cc(COc3cc4c(cc3OC)C(=O)N3C5=C(CCC=C5)C[C@H]3C=N4)cc([N+](=O)[O-])c2)c(OC)cc1C(=O)N1CCc2ccccc21. The fourth-order valence-corrected chi connectivity index (χ4v) is 7.70. The molecule has 13 nitrogen and oxygen atoms in total. The molecule has 2 amide bonds. The number of hydrogen-bond acceptors (Lipinski definition) is 10. The van der Waals surface area contributed by atoms with Crippen molar-refractivity contribution < 1.29 is 33.5 Å². The average Bonchev–Trinajstić information content (AvgIpc) is 3.78. The number of nitro groups is 1. The van der Waals surface area contributed by atoms with Gasteiger partial charge in [0.15, 0.2) is 23.0 Å². The molecule has 3 aliphatic heterocycles. The number of rotatable bonds is 11. The van der Waals surface area contributed by atoms with E-state index in [1.165, 1.54) is 31.9 Å². The van der Waals surface area contributed by atoms with E-state index in [4.69, 9.17) is 18.9 Å². The molecule has 0 aromatic heterocycles. The van der Waals surface area contributed by atoms with E-state index in [9.17, 15) is 19.7 Å². The number of nitrogens with zero attached hydrogens (tertiary/aromatic N) is 4. The molecule has 4 aromatic rings. The van der Waals surface area contributed by atoms with Crippen molar-refractivity contribution in [3.8, 4) is 23.0 Å². The fourth-order valence-electron chi connectivity index (χ4n) is 7.70. The lowest BCUT2D eigenvalue weighted by Crippen LogP contribution is -2.35. The minimum atomic E-state index is -0.471. The Hall–Kier alpha value is -6.63. The topological polar surface area (TPSA) is 145 Å². The Morgan fingerprint density at radius 1 is 0.945 bits per heavy atom. The Labute approximate surface area is 317 Å². The molecule has 280 valence electrons. The molecule has 4 aromatic carbocycles. The monoisotopic (exact) mass is 741 g/mol. The number of nitro benzene ring substituents is 1. The van der Waals surface area contributed by atoms with Gasteiger partial charge in [-0.1, -0.05) is 24.3 Å². The van der Waals surface area contributed by atoms with Gasteiger partial charge in [-0.05, 0) is 78.3 Å². The molecule has 0 saturated carbocycles. The Morgan fingerprint density at radius 3 is 2.40 bits per heavy atom. The smallest absolute Gasteiger partial charge is 0.270 e. The Kier molecular flexibility index (Phi) is 9.43. The number of fused-ring (bicyclic) bond motifs is 4.